The summed E-state index contributed by atoms with van der Waals surface area (Å²) in [6.45, 7) is 5.01. The first-order valence-corrected chi connectivity index (χ1v) is 7.72. The van der Waals surface area contributed by atoms with Gasteiger partial charge in [0, 0.05) is 5.70 Å². The first kappa shape index (κ1) is 14.4. The fraction of sp³-hybridized carbons (Fsp3) is 0.733. The van der Waals surface area contributed by atoms with Gasteiger partial charge in [0.05, 0.1) is 19.3 Å². The van der Waals surface area contributed by atoms with Crippen molar-refractivity contribution in [2.45, 2.75) is 56.6 Å². The second kappa shape index (κ2) is 5.68. The summed E-state index contributed by atoms with van der Waals surface area (Å²) in [5.41, 5.74) is 2.34. The Morgan fingerprint density at radius 2 is 2.35 bits per heavy atom. The molecule has 5 heteroatoms. The molecule has 1 saturated heterocycles. The minimum atomic E-state index is -0.488. The van der Waals surface area contributed by atoms with Gasteiger partial charge in [0.25, 0.3) is 0 Å². The van der Waals surface area contributed by atoms with Gasteiger partial charge in [-0.05, 0) is 44.8 Å². The molecule has 0 radical (unpaired) electrons. The molecule has 0 bridgehead atoms. The second-order valence-corrected chi connectivity index (χ2v) is 6.48. The summed E-state index contributed by atoms with van der Waals surface area (Å²) in [7, 11) is 0. The van der Waals surface area contributed by atoms with Crippen LogP contribution in [0.5, 0.6) is 0 Å². The van der Waals surface area contributed by atoms with E-state index in [1.807, 2.05) is 19.9 Å². The zero-order valence-corrected chi connectivity index (χ0v) is 12.8. The fourth-order valence-electron chi connectivity index (χ4n) is 2.96. The van der Waals surface area contributed by atoms with Crippen LogP contribution in [-0.4, -0.2) is 36.7 Å². The third-order valence-electron chi connectivity index (χ3n) is 3.89. The van der Waals surface area contributed by atoms with Gasteiger partial charge in [0.2, 0.25) is 0 Å². The summed E-state index contributed by atoms with van der Waals surface area (Å²) < 4.78 is 17.4. The molecule has 3 rings (SSSR count). The maximum absolute atomic E-state index is 6.13. The van der Waals surface area contributed by atoms with Crippen LogP contribution in [0.3, 0.4) is 0 Å². The second-order valence-electron chi connectivity index (χ2n) is 6.01. The van der Waals surface area contributed by atoms with Crippen molar-refractivity contribution >= 4 is 11.6 Å². The topological polar surface area (TPSA) is 39.7 Å². The van der Waals surface area contributed by atoms with Crippen LogP contribution in [0, 0.1) is 0 Å². The lowest BCUT2D eigenvalue weighted by Gasteiger charge is -2.32. The normalized spacial score (nSPS) is 35.9. The average molecular weight is 300 g/mol. The highest BCUT2D eigenvalue weighted by Gasteiger charge is 2.34. The number of allylic oxidation sites excluding steroid dienone is 2. The van der Waals surface area contributed by atoms with Gasteiger partial charge in [-0.2, -0.15) is 0 Å². The summed E-state index contributed by atoms with van der Waals surface area (Å²) in [5, 5.41) is 3.32. The van der Waals surface area contributed by atoms with Crippen LogP contribution in [-0.2, 0) is 14.2 Å². The van der Waals surface area contributed by atoms with Crippen molar-refractivity contribution in [3.63, 3.8) is 0 Å². The Kier molecular flexibility index (Phi) is 4.09. The lowest BCUT2D eigenvalue weighted by atomic mass is 9.92. The number of nitrogens with one attached hydrogen (secondary N) is 1. The van der Waals surface area contributed by atoms with E-state index in [2.05, 4.69) is 11.4 Å². The van der Waals surface area contributed by atoms with Crippen LogP contribution in [0.4, 0.5) is 0 Å². The SMILES string of the molecule is CC1(C)OCC(CO[C@H]2CCCC3=C2NC(Cl)C=C3)O1. The van der Waals surface area contributed by atoms with Crippen molar-refractivity contribution in [1.29, 1.82) is 0 Å². The summed E-state index contributed by atoms with van der Waals surface area (Å²) >= 11 is 6.13. The zero-order valence-electron chi connectivity index (χ0n) is 12.0. The van der Waals surface area contributed by atoms with E-state index in [-0.39, 0.29) is 17.7 Å². The number of hydrogen-bond donors (Lipinski definition) is 1. The van der Waals surface area contributed by atoms with E-state index in [9.17, 15) is 0 Å². The van der Waals surface area contributed by atoms with E-state index in [0.29, 0.717) is 13.2 Å². The predicted molar refractivity (Wildman–Crippen MR) is 77.4 cm³/mol. The molecule has 3 aliphatic rings. The van der Waals surface area contributed by atoms with Crippen molar-refractivity contribution < 1.29 is 14.2 Å². The average Bonchev–Trinajstić information content (AvgIpc) is 2.76. The molecule has 2 aliphatic heterocycles. The highest BCUT2D eigenvalue weighted by Crippen LogP contribution is 2.31. The first-order valence-electron chi connectivity index (χ1n) is 7.29. The maximum Gasteiger partial charge on any atom is 0.163 e. The van der Waals surface area contributed by atoms with Crippen LogP contribution in [0.2, 0.25) is 0 Å². The Balaban J connectivity index is 1.59. The quantitative estimate of drug-likeness (QED) is 0.642. The molecule has 0 aromatic carbocycles. The minimum absolute atomic E-state index is 0.0157. The van der Waals surface area contributed by atoms with Crippen molar-refractivity contribution in [1.82, 2.24) is 5.32 Å². The molecule has 1 N–H and O–H groups in total. The predicted octanol–water partition coefficient (Wildman–Crippen LogP) is 2.69. The highest BCUT2D eigenvalue weighted by atomic mass is 35.5. The van der Waals surface area contributed by atoms with Crippen LogP contribution >= 0.6 is 11.6 Å². The van der Waals surface area contributed by atoms with Crippen molar-refractivity contribution in [2.24, 2.45) is 0 Å². The van der Waals surface area contributed by atoms with Gasteiger partial charge in [-0.15, -0.1) is 0 Å². The summed E-state index contributed by atoms with van der Waals surface area (Å²) in [5.74, 6) is -0.488. The molecule has 20 heavy (non-hydrogen) atoms. The van der Waals surface area contributed by atoms with Crippen molar-refractivity contribution in [3.8, 4) is 0 Å². The van der Waals surface area contributed by atoms with E-state index < -0.39 is 5.79 Å². The third kappa shape index (κ3) is 3.19. The molecule has 0 spiro atoms. The van der Waals surface area contributed by atoms with E-state index in [1.165, 1.54) is 5.57 Å². The summed E-state index contributed by atoms with van der Waals surface area (Å²) in [6.07, 6.45) is 7.49. The number of rotatable bonds is 3. The van der Waals surface area contributed by atoms with Crippen LogP contribution in [0.25, 0.3) is 0 Å². The molecular weight excluding hydrogens is 278 g/mol. The molecule has 2 unspecified atom stereocenters. The number of hydrogen-bond acceptors (Lipinski definition) is 4. The van der Waals surface area contributed by atoms with E-state index in [0.717, 1.165) is 25.0 Å². The van der Waals surface area contributed by atoms with Gasteiger partial charge in [0.15, 0.2) is 5.79 Å². The Labute approximate surface area is 125 Å². The van der Waals surface area contributed by atoms with Gasteiger partial charge < -0.3 is 19.5 Å². The molecule has 0 aromatic rings. The zero-order chi connectivity index (χ0) is 14.2. The largest absolute Gasteiger partial charge is 0.369 e. The molecule has 0 amide bonds. The van der Waals surface area contributed by atoms with Crippen LogP contribution in [0.1, 0.15) is 33.1 Å². The Bertz CT molecular complexity index is 433. The van der Waals surface area contributed by atoms with Gasteiger partial charge in [0.1, 0.15) is 11.6 Å². The van der Waals surface area contributed by atoms with Gasteiger partial charge >= 0.3 is 0 Å². The van der Waals surface area contributed by atoms with E-state index in [1.54, 1.807) is 0 Å². The number of ether oxygens (including phenoxy) is 3. The maximum atomic E-state index is 6.13. The molecule has 1 fully saturated rings. The van der Waals surface area contributed by atoms with Gasteiger partial charge in [-0.3, -0.25) is 0 Å². The molecule has 112 valence electrons. The molecule has 1 aliphatic carbocycles. The molecule has 3 atom stereocenters. The monoisotopic (exact) mass is 299 g/mol. The highest BCUT2D eigenvalue weighted by molar-refractivity contribution is 6.21. The fourth-order valence-corrected chi connectivity index (χ4v) is 3.15. The first-order chi connectivity index (χ1) is 9.53. The summed E-state index contributed by atoms with van der Waals surface area (Å²) in [4.78, 5) is 0. The van der Waals surface area contributed by atoms with Crippen molar-refractivity contribution in [3.05, 3.63) is 23.4 Å². The molecule has 4 nitrogen and oxygen atoms in total. The smallest absolute Gasteiger partial charge is 0.163 e. The number of halogens is 1. The van der Waals surface area contributed by atoms with Gasteiger partial charge in [-0.1, -0.05) is 17.7 Å². The van der Waals surface area contributed by atoms with Crippen LogP contribution in [0.15, 0.2) is 23.4 Å². The molecule has 2 heterocycles. The number of alkyl halides is 1. The van der Waals surface area contributed by atoms with E-state index >= 15 is 0 Å². The Hall–Kier alpha value is -0.550. The molecular formula is C15H22ClNO3. The lowest BCUT2D eigenvalue weighted by Crippen LogP contribution is -2.37. The Morgan fingerprint density at radius 1 is 1.50 bits per heavy atom. The third-order valence-corrected chi connectivity index (χ3v) is 4.15. The standard InChI is InChI=1S/C15H22ClNO3/c1-15(2)19-9-11(20-15)8-18-12-5-3-4-10-6-7-13(16)17-14(10)12/h6-7,11-13,17H,3-5,8-9H2,1-2H3/t11?,12-,13?/m0/s1. The number of dihydropyridines is 1. The lowest BCUT2D eigenvalue weighted by molar-refractivity contribution is -0.147. The van der Waals surface area contributed by atoms with Crippen LogP contribution < -0.4 is 5.32 Å². The summed E-state index contributed by atoms with van der Waals surface area (Å²) in [6, 6.07) is 0. The van der Waals surface area contributed by atoms with Crippen molar-refractivity contribution in [2.75, 3.05) is 13.2 Å². The minimum Gasteiger partial charge on any atom is -0.369 e. The molecule has 0 aromatic heterocycles. The molecule has 0 saturated carbocycles. The van der Waals surface area contributed by atoms with Gasteiger partial charge in [-0.25, -0.2) is 0 Å². The van der Waals surface area contributed by atoms with E-state index in [4.69, 9.17) is 25.8 Å². The Morgan fingerprint density at radius 3 is 3.10 bits per heavy atom.